The molecule has 1 aliphatic heterocycles. The summed E-state index contributed by atoms with van der Waals surface area (Å²) in [5, 5.41) is 0. The van der Waals surface area contributed by atoms with Crippen molar-refractivity contribution in [2.75, 3.05) is 26.7 Å². The minimum atomic E-state index is -2.69. The molecule has 0 amide bonds. The molecule has 1 unspecified atom stereocenters. The van der Waals surface area contributed by atoms with E-state index in [1.807, 2.05) is 18.2 Å². The van der Waals surface area contributed by atoms with E-state index in [1.54, 1.807) is 24.3 Å². The number of carbonyl (C=O) groups is 1. The Hall–Kier alpha value is -2.22. The van der Waals surface area contributed by atoms with Gasteiger partial charge in [0.15, 0.2) is 0 Å². The molecule has 28 heavy (non-hydrogen) atoms. The molecule has 1 fully saturated rings. The zero-order valence-corrected chi connectivity index (χ0v) is 16.9. The minimum absolute atomic E-state index is 0.231. The topological polar surface area (TPSA) is 66.9 Å². The third-order valence-corrected chi connectivity index (χ3v) is 5.95. The largest absolute Gasteiger partial charge is 0.465 e. The Morgan fingerprint density at radius 3 is 2.32 bits per heavy atom. The molecule has 2 aromatic carbocycles. The van der Waals surface area contributed by atoms with Gasteiger partial charge in [-0.3, -0.25) is 4.90 Å². The SMILES string of the molecule is COC(=O)c1ccc(CN(CCC(c2ccccc2)N2CCC2)[SH](=O)=O)cc1. The summed E-state index contributed by atoms with van der Waals surface area (Å²) in [6.07, 6.45) is 1.93. The predicted molar refractivity (Wildman–Crippen MR) is 108 cm³/mol. The molecule has 1 heterocycles. The van der Waals surface area contributed by atoms with Crippen LogP contribution in [0.4, 0.5) is 0 Å². The fraction of sp³-hybridized carbons (Fsp3) is 0.381. The van der Waals surface area contributed by atoms with Gasteiger partial charge >= 0.3 is 5.97 Å². The summed E-state index contributed by atoms with van der Waals surface area (Å²) in [5.41, 5.74) is 2.52. The summed E-state index contributed by atoms with van der Waals surface area (Å²) in [7, 11) is -1.36. The van der Waals surface area contributed by atoms with Crippen LogP contribution in [0.5, 0.6) is 0 Å². The van der Waals surface area contributed by atoms with Gasteiger partial charge in [0.1, 0.15) is 0 Å². The van der Waals surface area contributed by atoms with Crippen molar-refractivity contribution < 1.29 is 17.9 Å². The molecule has 6 nitrogen and oxygen atoms in total. The lowest BCUT2D eigenvalue weighted by molar-refractivity contribution is 0.0600. The van der Waals surface area contributed by atoms with Gasteiger partial charge in [-0.05, 0) is 49.2 Å². The van der Waals surface area contributed by atoms with E-state index in [4.69, 9.17) is 4.74 Å². The molecule has 0 N–H and O–H groups in total. The van der Waals surface area contributed by atoms with Gasteiger partial charge in [-0.15, -0.1) is 0 Å². The average Bonchev–Trinajstić information content (AvgIpc) is 2.68. The molecule has 0 aliphatic carbocycles. The first-order valence-electron chi connectivity index (χ1n) is 9.44. The summed E-state index contributed by atoms with van der Waals surface area (Å²) in [4.78, 5) is 13.9. The van der Waals surface area contributed by atoms with Crippen molar-refractivity contribution in [1.82, 2.24) is 9.21 Å². The number of methoxy groups -OCH3 is 1. The molecule has 0 spiro atoms. The van der Waals surface area contributed by atoms with Crippen molar-refractivity contribution in [1.29, 1.82) is 0 Å². The number of rotatable bonds is 9. The Kier molecular flexibility index (Phi) is 7.19. The molecule has 0 aromatic heterocycles. The lowest BCUT2D eigenvalue weighted by Gasteiger charge is -2.39. The third-order valence-electron chi connectivity index (χ3n) is 5.15. The van der Waals surface area contributed by atoms with Gasteiger partial charge in [-0.1, -0.05) is 42.5 Å². The van der Waals surface area contributed by atoms with E-state index < -0.39 is 16.9 Å². The molecule has 150 valence electrons. The summed E-state index contributed by atoms with van der Waals surface area (Å²) in [5.74, 6) is -0.404. The van der Waals surface area contributed by atoms with Crippen molar-refractivity contribution in [3.63, 3.8) is 0 Å². The Morgan fingerprint density at radius 1 is 1.11 bits per heavy atom. The molecule has 2 aromatic rings. The van der Waals surface area contributed by atoms with E-state index in [9.17, 15) is 13.2 Å². The highest BCUT2D eigenvalue weighted by Gasteiger charge is 2.26. The standard InChI is InChI=1S/C21H26N2O4S/c1-27-21(24)19-10-8-17(9-11-19)16-23(28(25)26)15-12-20(22-13-5-14-22)18-6-3-2-4-7-18/h2-4,6-11,20,28H,5,12-16H2,1H3. The van der Waals surface area contributed by atoms with Gasteiger partial charge in [0.05, 0.1) is 12.7 Å². The van der Waals surface area contributed by atoms with Crippen LogP contribution in [0.15, 0.2) is 54.6 Å². The second-order valence-corrected chi connectivity index (χ2v) is 7.96. The monoisotopic (exact) mass is 402 g/mol. The first-order chi connectivity index (χ1) is 13.6. The number of esters is 1. The van der Waals surface area contributed by atoms with E-state index >= 15 is 0 Å². The smallest absolute Gasteiger partial charge is 0.337 e. The maximum atomic E-state index is 11.8. The summed E-state index contributed by atoms with van der Waals surface area (Å²) >= 11 is 0. The number of ether oxygens (including phenoxy) is 1. The third kappa shape index (κ3) is 5.19. The number of nitrogens with zero attached hydrogens (tertiary/aromatic N) is 2. The van der Waals surface area contributed by atoms with E-state index in [1.165, 1.54) is 23.4 Å². The number of hydrogen-bond acceptors (Lipinski definition) is 5. The first-order valence-corrected chi connectivity index (χ1v) is 10.6. The molecule has 0 bridgehead atoms. The fourth-order valence-electron chi connectivity index (χ4n) is 3.45. The van der Waals surface area contributed by atoms with Crippen molar-refractivity contribution in [3.05, 3.63) is 71.3 Å². The number of thiol groups is 1. The number of hydrogen-bond donors (Lipinski definition) is 1. The lowest BCUT2D eigenvalue weighted by atomic mass is 9.98. The number of benzene rings is 2. The van der Waals surface area contributed by atoms with Crippen LogP contribution >= 0.6 is 0 Å². The molecular weight excluding hydrogens is 376 g/mol. The van der Waals surface area contributed by atoms with E-state index in [0.717, 1.165) is 25.1 Å². The molecule has 3 rings (SSSR count). The lowest BCUT2D eigenvalue weighted by Crippen LogP contribution is -2.41. The van der Waals surface area contributed by atoms with E-state index in [-0.39, 0.29) is 6.04 Å². The van der Waals surface area contributed by atoms with Gasteiger partial charge in [0, 0.05) is 19.1 Å². The van der Waals surface area contributed by atoms with E-state index in [0.29, 0.717) is 18.7 Å². The van der Waals surface area contributed by atoms with Gasteiger partial charge in [-0.2, -0.15) is 4.31 Å². The molecule has 1 aliphatic rings. The van der Waals surface area contributed by atoms with Crippen molar-refractivity contribution in [2.45, 2.75) is 25.4 Å². The van der Waals surface area contributed by atoms with Crippen LogP contribution in [0, 0.1) is 0 Å². The first kappa shape index (κ1) is 20.5. The number of carbonyl (C=O) groups excluding carboxylic acids is 1. The van der Waals surface area contributed by atoms with Crippen LogP contribution in [0.3, 0.4) is 0 Å². The Morgan fingerprint density at radius 2 is 1.79 bits per heavy atom. The maximum absolute atomic E-state index is 11.8. The van der Waals surface area contributed by atoms with Gasteiger partial charge < -0.3 is 4.74 Å². The highest BCUT2D eigenvalue weighted by Crippen LogP contribution is 2.29. The minimum Gasteiger partial charge on any atom is -0.465 e. The quantitative estimate of drug-likeness (QED) is 0.516. The van der Waals surface area contributed by atoms with Crippen LogP contribution in [0.2, 0.25) is 0 Å². The molecule has 7 heteroatoms. The van der Waals surface area contributed by atoms with Crippen molar-refractivity contribution in [3.8, 4) is 0 Å². The second kappa shape index (κ2) is 9.82. The Labute approximate surface area is 167 Å². The van der Waals surface area contributed by atoms with Crippen molar-refractivity contribution >= 4 is 16.9 Å². The molecule has 1 saturated heterocycles. The van der Waals surface area contributed by atoms with Crippen LogP contribution in [0.25, 0.3) is 0 Å². The van der Waals surface area contributed by atoms with Gasteiger partial charge in [0.2, 0.25) is 10.9 Å². The fourth-order valence-corrected chi connectivity index (χ4v) is 4.01. The highest BCUT2D eigenvalue weighted by atomic mass is 32.2. The van der Waals surface area contributed by atoms with Crippen LogP contribution in [-0.4, -0.2) is 50.3 Å². The van der Waals surface area contributed by atoms with Gasteiger partial charge in [-0.25, -0.2) is 13.2 Å². The predicted octanol–water partition coefficient (Wildman–Crippen LogP) is 2.64. The zero-order chi connectivity index (χ0) is 19.9. The van der Waals surface area contributed by atoms with Crippen LogP contribution < -0.4 is 0 Å². The summed E-state index contributed by atoms with van der Waals surface area (Å²) < 4.78 is 29.8. The van der Waals surface area contributed by atoms with Gasteiger partial charge in [0.25, 0.3) is 0 Å². The molecule has 0 saturated carbocycles. The average molecular weight is 403 g/mol. The molecule has 1 atom stereocenters. The summed E-state index contributed by atoms with van der Waals surface area (Å²) in [6.45, 7) is 2.85. The second-order valence-electron chi connectivity index (χ2n) is 6.92. The zero-order valence-electron chi connectivity index (χ0n) is 16.0. The maximum Gasteiger partial charge on any atom is 0.337 e. The normalized spacial score (nSPS) is 15.4. The van der Waals surface area contributed by atoms with Crippen LogP contribution in [-0.2, 0) is 22.2 Å². The highest BCUT2D eigenvalue weighted by molar-refractivity contribution is 7.69. The van der Waals surface area contributed by atoms with Crippen LogP contribution in [0.1, 0.15) is 40.4 Å². The summed E-state index contributed by atoms with van der Waals surface area (Å²) in [6, 6.07) is 17.3. The number of likely N-dealkylation sites (tertiary alicyclic amines) is 1. The van der Waals surface area contributed by atoms with Crippen molar-refractivity contribution in [2.24, 2.45) is 0 Å². The Balaban J connectivity index is 1.66. The molecular formula is C21H26N2O4S. The van der Waals surface area contributed by atoms with E-state index in [2.05, 4.69) is 17.0 Å². The molecule has 0 radical (unpaired) electrons. The Bertz CT molecular complexity index is 840.